The summed E-state index contributed by atoms with van der Waals surface area (Å²) < 4.78 is 10.8. The Balaban J connectivity index is 2.26. The van der Waals surface area contributed by atoms with Gasteiger partial charge in [0.15, 0.2) is 0 Å². The summed E-state index contributed by atoms with van der Waals surface area (Å²) in [6.45, 7) is 11.3. The van der Waals surface area contributed by atoms with Crippen molar-refractivity contribution in [3.8, 4) is 0 Å². The van der Waals surface area contributed by atoms with Gasteiger partial charge in [0.2, 0.25) is 0 Å². The molecule has 0 saturated carbocycles. The van der Waals surface area contributed by atoms with Crippen LogP contribution in [0.3, 0.4) is 0 Å². The third kappa shape index (κ3) is 4.64. The van der Waals surface area contributed by atoms with E-state index in [1.807, 2.05) is 20.8 Å². The van der Waals surface area contributed by atoms with Gasteiger partial charge in [0.25, 0.3) is 0 Å². The van der Waals surface area contributed by atoms with Crippen LogP contribution in [0.2, 0.25) is 0 Å². The number of esters is 1. The Hall–Kier alpha value is -0.610. The third-order valence-corrected chi connectivity index (χ3v) is 3.16. The number of hydrogen-bond donors (Lipinski definition) is 1. The molecule has 100 valence electrons. The van der Waals surface area contributed by atoms with Crippen molar-refractivity contribution in [2.75, 3.05) is 13.2 Å². The van der Waals surface area contributed by atoms with Gasteiger partial charge in [0.1, 0.15) is 5.60 Å². The maximum atomic E-state index is 11.5. The molecular weight excluding hydrogens is 218 g/mol. The van der Waals surface area contributed by atoms with Crippen molar-refractivity contribution < 1.29 is 14.3 Å². The standard InChI is InChI=1S/C13H25NO3/c1-10-13(5,7-9-16-10)14-8-6-11(15)17-12(2,3)4/h10,14H,6-9H2,1-5H3. The van der Waals surface area contributed by atoms with Gasteiger partial charge in [0.05, 0.1) is 12.5 Å². The molecule has 0 bridgehead atoms. The zero-order valence-corrected chi connectivity index (χ0v) is 11.6. The first-order valence-corrected chi connectivity index (χ1v) is 6.31. The molecule has 0 spiro atoms. The van der Waals surface area contributed by atoms with Gasteiger partial charge in [-0.05, 0) is 41.0 Å². The van der Waals surface area contributed by atoms with E-state index in [0.29, 0.717) is 13.0 Å². The first-order valence-electron chi connectivity index (χ1n) is 6.31. The van der Waals surface area contributed by atoms with Gasteiger partial charge in [-0.2, -0.15) is 0 Å². The van der Waals surface area contributed by atoms with E-state index in [9.17, 15) is 4.79 Å². The van der Waals surface area contributed by atoms with Gasteiger partial charge in [-0.1, -0.05) is 0 Å². The highest BCUT2D eigenvalue weighted by Crippen LogP contribution is 2.24. The van der Waals surface area contributed by atoms with Crippen molar-refractivity contribution in [1.82, 2.24) is 5.32 Å². The molecule has 0 aliphatic carbocycles. The van der Waals surface area contributed by atoms with E-state index < -0.39 is 5.60 Å². The smallest absolute Gasteiger partial charge is 0.307 e. The molecule has 4 heteroatoms. The molecule has 0 aromatic rings. The van der Waals surface area contributed by atoms with E-state index in [4.69, 9.17) is 9.47 Å². The molecule has 17 heavy (non-hydrogen) atoms. The minimum absolute atomic E-state index is 0.0119. The van der Waals surface area contributed by atoms with Crippen LogP contribution in [0, 0.1) is 0 Å². The topological polar surface area (TPSA) is 47.6 Å². The molecule has 4 nitrogen and oxygen atoms in total. The summed E-state index contributed by atoms with van der Waals surface area (Å²) in [5.41, 5.74) is -0.410. The van der Waals surface area contributed by atoms with Gasteiger partial charge in [-0.3, -0.25) is 4.79 Å². The van der Waals surface area contributed by atoms with Crippen molar-refractivity contribution in [1.29, 1.82) is 0 Å². The van der Waals surface area contributed by atoms with Crippen molar-refractivity contribution in [3.05, 3.63) is 0 Å². The second-order valence-corrected chi connectivity index (χ2v) is 5.94. The normalized spacial score (nSPS) is 29.4. The van der Waals surface area contributed by atoms with Crippen LogP contribution in [0.25, 0.3) is 0 Å². The van der Waals surface area contributed by atoms with E-state index in [2.05, 4.69) is 19.2 Å². The lowest BCUT2D eigenvalue weighted by atomic mass is 9.94. The average molecular weight is 243 g/mol. The third-order valence-electron chi connectivity index (χ3n) is 3.16. The maximum absolute atomic E-state index is 11.5. The molecule has 1 N–H and O–H groups in total. The number of rotatable bonds is 4. The number of carbonyl (C=O) groups is 1. The summed E-state index contributed by atoms with van der Waals surface area (Å²) in [5.74, 6) is -0.153. The van der Waals surface area contributed by atoms with E-state index >= 15 is 0 Å². The molecule has 0 amide bonds. The first kappa shape index (κ1) is 14.5. The first-order chi connectivity index (χ1) is 7.73. The molecule has 1 aliphatic rings. The Morgan fingerprint density at radius 1 is 1.53 bits per heavy atom. The Bertz CT molecular complexity index is 272. The highest BCUT2D eigenvalue weighted by atomic mass is 16.6. The second-order valence-electron chi connectivity index (χ2n) is 5.94. The maximum Gasteiger partial charge on any atom is 0.307 e. The van der Waals surface area contributed by atoms with Crippen LogP contribution in [0.4, 0.5) is 0 Å². The lowest BCUT2D eigenvalue weighted by Crippen LogP contribution is -2.48. The molecule has 1 aliphatic heterocycles. The summed E-state index contributed by atoms with van der Waals surface area (Å²) in [5, 5.41) is 3.40. The number of ether oxygens (including phenoxy) is 2. The Kier molecular flexibility index (Phi) is 4.55. The van der Waals surface area contributed by atoms with Gasteiger partial charge >= 0.3 is 5.97 Å². The molecule has 2 unspecified atom stereocenters. The van der Waals surface area contributed by atoms with Gasteiger partial charge in [-0.15, -0.1) is 0 Å². The van der Waals surface area contributed by atoms with Crippen LogP contribution in [0.5, 0.6) is 0 Å². The lowest BCUT2D eigenvalue weighted by molar-refractivity contribution is -0.154. The molecule has 1 heterocycles. The Labute approximate surface area is 104 Å². The SMILES string of the molecule is CC1OCCC1(C)NCCC(=O)OC(C)(C)C. The minimum Gasteiger partial charge on any atom is -0.460 e. The zero-order chi connectivity index (χ0) is 13.1. The van der Waals surface area contributed by atoms with Gasteiger partial charge in [0, 0.05) is 18.7 Å². The van der Waals surface area contributed by atoms with Crippen molar-refractivity contribution in [2.45, 2.75) is 64.7 Å². The fraction of sp³-hybridized carbons (Fsp3) is 0.923. The number of hydrogen-bond acceptors (Lipinski definition) is 4. The summed E-state index contributed by atoms with van der Waals surface area (Å²) in [7, 11) is 0. The number of carbonyl (C=O) groups excluding carboxylic acids is 1. The summed E-state index contributed by atoms with van der Waals surface area (Å²) in [6, 6.07) is 0. The van der Waals surface area contributed by atoms with Gasteiger partial charge < -0.3 is 14.8 Å². The quantitative estimate of drug-likeness (QED) is 0.766. The second kappa shape index (κ2) is 5.36. The molecule has 0 aromatic carbocycles. The molecule has 2 atom stereocenters. The van der Waals surface area contributed by atoms with Crippen LogP contribution >= 0.6 is 0 Å². The van der Waals surface area contributed by atoms with Crippen LogP contribution in [-0.2, 0) is 14.3 Å². The highest BCUT2D eigenvalue weighted by molar-refractivity contribution is 5.70. The molecule has 0 radical (unpaired) electrons. The Morgan fingerprint density at radius 2 is 2.18 bits per heavy atom. The zero-order valence-electron chi connectivity index (χ0n) is 11.6. The number of nitrogens with one attached hydrogen (secondary N) is 1. The monoisotopic (exact) mass is 243 g/mol. The van der Waals surface area contributed by atoms with Gasteiger partial charge in [-0.25, -0.2) is 0 Å². The summed E-state index contributed by atoms with van der Waals surface area (Å²) in [6.07, 6.45) is 1.59. The van der Waals surface area contributed by atoms with Crippen LogP contribution in [0.1, 0.15) is 47.5 Å². The lowest BCUT2D eigenvalue weighted by Gasteiger charge is -2.29. The average Bonchev–Trinajstić information content (AvgIpc) is 2.44. The Morgan fingerprint density at radius 3 is 2.65 bits per heavy atom. The van der Waals surface area contributed by atoms with Crippen LogP contribution < -0.4 is 5.32 Å². The minimum atomic E-state index is -0.398. The largest absolute Gasteiger partial charge is 0.460 e. The predicted octanol–water partition coefficient (Wildman–Crippen LogP) is 1.88. The van der Waals surface area contributed by atoms with Crippen molar-refractivity contribution in [3.63, 3.8) is 0 Å². The van der Waals surface area contributed by atoms with Crippen molar-refractivity contribution in [2.24, 2.45) is 0 Å². The predicted molar refractivity (Wildman–Crippen MR) is 66.9 cm³/mol. The molecule has 0 aromatic heterocycles. The molecule has 1 fully saturated rings. The van der Waals surface area contributed by atoms with E-state index in [1.54, 1.807) is 0 Å². The molecule has 1 saturated heterocycles. The molecule has 1 rings (SSSR count). The fourth-order valence-electron chi connectivity index (χ4n) is 1.91. The van der Waals surface area contributed by atoms with E-state index in [1.165, 1.54) is 0 Å². The van der Waals surface area contributed by atoms with E-state index in [0.717, 1.165) is 13.0 Å². The fourth-order valence-corrected chi connectivity index (χ4v) is 1.91. The van der Waals surface area contributed by atoms with Crippen molar-refractivity contribution >= 4 is 5.97 Å². The molecular formula is C13H25NO3. The highest BCUT2D eigenvalue weighted by Gasteiger charge is 2.36. The summed E-state index contributed by atoms with van der Waals surface area (Å²) in [4.78, 5) is 11.5. The summed E-state index contributed by atoms with van der Waals surface area (Å²) >= 11 is 0. The van der Waals surface area contributed by atoms with Crippen LogP contribution in [-0.4, -0.2) is 36.4 Å². The van der Waals surface area contributed by atoms with Crippen LogP contribution in [0.15, 0.2) is 0 Å². The van der Waals surface area contributed by atoms with E-state index in [-0.39, 0.29) is 17.6 Å².